The van der Waals surface area contributed by atoms with Crippen LogP contribution in [0.15, 0.2) is 36.4 Å². The number of hydrogen-bond donors (Lipinski definition) is 3. The standard InChI is InChI=1S/C17H17NO2.ClH/c19-15-7-10-5-6-14-17(13(10)8-16(15)20)12-4-2-1-3-11(12)9-18-14;/h1-4,7-8,14,17-20H,5-6,9H2;1H/p-1/t14-,17-;/m1./s1. The Labute approximate surface area is 130 Å². The van der Waals surface area contributed by atoms with Crippen LogP contribution in [-0.2, 0) is 13.0 Å². The zero-order valence-corrected chi connectivity index (χ0v) is 12.3. The first kappa shape index (κ1) is 14.2. The Balaban J connectivity index is 0.00000132. The summed E-state index contributed by atoms with van der Waals surface area (Å²) in [5.41, 5.74) is 4.98. The molecule has 1 aliphatic carbocycles. The number of aromatic hydroxyl groups is 2. The number of halogens is 1. The molecule has 21 heavy (non-hydrogen) atoms. The van der Waals surface area contributed by atoms with Gasteiger partial charge in [-0.1, -0.05) is 24.3 Å². The number of nitrogens with one attached hydrogen (secondary N) is 1. The maximum atomic E-state index is 9.84. The van der Waals surface area contributed by atoms with E-state index in [2.05, 4.69) is 29.6 Å². The molecule has 4 heteroatoms. The fourth-order valence-electron chi connectivity index (χ4n) is 3.68. The van der Waals surface area contributed by atoms with Crippen LogP contribution in [0.2, 0.25) is 0 Å². The van der Waals surface area contributed by atoms with Crippen LogP contribution >= 0.6 is 0 Å². The Morgan fingerprint density at radius 3 is 2.57 bits per heavy atom. The number of rotatable bonds is 0. The Morgan fingerprint density at radius 1 is 0.952 bits per heavy atom. The third-order valence-electron chi connectivity index (χ3n) is 4.64. The van der Waals surface area contributed by atoms with E-state index in [9.17, 15) is 10.2 Å². The summed E-state index contributed by atoms with van der Waals surface area (Å²) in [7, 11) is 0. The molecular weight excluding hydrogens is 286 g/mol. The number of hydrogen-bond acceptors (Lipinski definition) is 3. The summed E-state index contributed by atoms with van der Waals surface area (Å²) < 4.78 is 0. The smallest absolute Gasteiger partial charge is 0.157 e. The van der Waals surface area contributed by atoms with Gasteiger partial charge in [0, 0.05) is 18.5 Å². The van der Waals surface area contributed by atoms with E-state index in [1.54, 1.807) is 12.1 Å². The average Bonchev–Trinajstić information content (AvgIpc) is 2.48. The lowest BCUT2D eigenvalue weighted by atomic mass is 9.72. The lowest BCUT2D eigenvalue weighted by Crippen LogP contribution is -3.00. The highest BCUT2D eigenvalue weighted by atomic mass is 35.5. The molecule has 0 unspecified atom stereocenters. The summed E-state index contributed by atoms with van der Waals surface area (Å²) in [6.45, 7) is 0.913. The van der Waals surface area contributed by atoms with Crippen LogP contribution in [-0.4, -0.2) is 16.3 Å². The number of phenolic OH excluding ortho intramolecular Hbond substituents is 2. The van der Waals surface area contributed by atoms with E-state index >= 15 is 0 Å². The van der Waals surface area contributed by atoms with Gasteiger partial charge in [-0.2, -0.15) is 0 Å². The number of benzene rings is 2. The molecule has 0 saturated heterocycles. The molecule has 0 aromatic heterocycles. The largest absolute Gasteiger partial charge is 1.00 e. The molecule has 110 valence electrons. The minimum absolute atomic E-state index is 0. The summed E-state index contributed by atoms with van der Waals surface area (Å²) in [5.74, 6) is 0.238. The zero-order valence-electron chi connectivity index (χ0n) is 11.5. The molecule has 0 saturated carbocycles. The molecule has 0 bridgehead atoms. The third kappa shape index (κ3) is 2.17. The van der Waals surface area contributed by atoms with E-state index in [-0.39, 0.29) is 29.8 Å². The van der Waals surface area contributed by atoms with Gasteiger partial charge in [0.15, 0.2) is 11.5 Å². The fourth-order valence-corrected chi connectivity index (χ4v) is 3.68. The van der Waals surface area contributed by atoms with Crippen molar-refractivity contribution in [2.24, 2.45) is 0 Å². The van der Waals surface area contributed by atoms with E-state index in [0.29, 0.717) is 6.04 Å². The molecule has 0 spiro atoms. The van der Waals surface area contributed by atoms with Gasteiger partial charge in [-0.25, -0.2) is 0 Å². The second kappa shape index (κ2) is 5.24. The summed E-state index contributed by atoms with van der Waals surface area (Å²) >= 11 is 0. The first-order valence-corrected chi connectivity index (χ1v) is 7.10. The van der Waals surface area contributed by atoms with Crippen LogP contribution in [0.5, 0.6) is 11.5 Å². The van der Waals surface area contributed by atoms with Crippen molar-refractivity contribution in [3.8, 4) is 11.5 Å². The summed E-state index contributed by atoms with van der Waals surface area (Å²) in [4.78, 5) is 0. The Hall–Kier alpha value is -1.71. The SMILES string of the molecule is Oc1cc2c(cc1O)[C@H]1c3ccccc3CN[C@@H]1CC2.[Cl-]. The van der Waals surface area contributed by atoms with E-state index in [0.717, 1.165) is 30.5 Å². The van der Waals surface area contributed by atoms with Gasteiger partial charge in [-0.3, -0.25) is 0 Å². The van der Waals surface area contributed by atoms with Crippen LogP contribution in [0.3, 0.4) is 0 Å². The molecule has 1 heterocycles. The lowest BCUT2D eigenvalue weighted by Gasteiger charge is -2.39. The summed E-state index contributed by atoms with van der Waals surface area (Å²) in [6, 6.07) is 12.4. The second-order valence-electron chi connectivity index (χ2n) is 5.74. The van der Waals surface area contributed by atoms with Gasteiger partial charge >= 0.3 is 0 Å². The molecule has 2 aliphatic rings. The van der Waals surface area contributed by atoms with Crippen LogP contribution in [0, 0.1) is 0 Å². The van der Waals surface area contributed by atoms with Crippen molar-refractivity contribution >= 4 is 0 Å². The van der Waals surface area contributed by atoms with Gasteiger partial charge in [0.2, 0.25) is 0 Å². The Kier molecular flexibility index (Phi) is 3.56. The van der Waals surface area contributed by atoms with Crippen LogP contribution in [0.4, 0.5) is 0 Å². The van der Waals surface area contributed by atoms with Gasteiger partial charge in [0.1, 0.15) is 0 Å². The molecule has 0 radical (unpaired) electrons. The predicted molar refractivity (Wildman–Crippen MR) is 77.0 cm³/mol. The fraction of sp³-hybridized carbons (Fsp3) is 0.294. The van der Waals surface area contributed by atoms with Crippen molar-refractivity contribution in [2.45, 2.75) is 31.3 Å². The van der Waals surface area contributed by atoms with Crippen molar-refractivity contribution in [2.75, 3.05) is 0 Å². The highest BCUT2D eigenvalue weighted by molar-refractivity contribution is 5.53. The first-order chi connectivity index (χ1) is 9.74. The van der Waals surface area contributed by atoms with Crippen molar-refractivity contribution < 1.29 is 22.6 Å². The maximum absolute atomic E-state index is 9.84. The molecule has 2 aromatic rings. The molecule has 3 N–H and O–H groups in total. The number of aryl methyl sites for hydroxylation is 1. The average molecular weight is 303 g/mol. The molecule has 4 rings (SSSR count). The van der Waals surface area contributed by atoms with Gasteiger partial charge in [-0.05, 0) is 47.2 Å². The van der Waals surface area contributed by atoms with Crippen LogP contribution in [0.1, 0.15) is 34.6 Å². The van der Waals surface area contributed by atoms with Crippen molar-refractivity contribution in [3.63, 3.8) is 0 Å². The maximum Gasteiger partial charge on any atom is 0.157 e. The van der Waals surface area contributed by atoms with Crippen molar-refractivity contribution in [1.29, 1.82) is 0 Å². The highest BCUT2D eigenvalue weighted by Crippen LogP contribution is 2.43. The Morgan fingerprint density at radius 2 is 1.71 bits per heavy atom. The summed E-state index contributed by atoms with van der Waals surface area (Å²) in [6.07, 6.45) is 2.01. The monoisotopic (exact) mass is 302 g/mol. The number of fused-ring (bicyclic) bond motifs is 5. The van der Waals surface area contributed by atoms with Crippen LogP contribution in [0.25, 0.3) is 0 Å². The second-order valence-corrected chi connectivity index (χ2v) is 5.74. The zero-order chi connectivity index (χ0) is 13.7. The van der Waals surface area contributed by atoms with Gasteiger partial charge < -0.3 is 27.9 Å². The van der Waals surface area contributed by atoms with Crippen LogP contribution < -0.4 is 17.7 Å². The van der Waals surface area contributed by atoms with Crippen molar-refractivity contribution in [1.82, 2.24) is 5.32 Å². The van der Waals surface area contributed by atoms with E-state index in [1.807, 2.05) is 0 Å². The van der Waals surface area contributed by atoms with E-state index in [4.69, 9.17) is 0 Å². The molecule has 0 amide bonds. The molecule has 3 nitrogen and oxygen atoms in total. The van der Waals surface area contributed by atoms with Crippen molar-refractivity contribution in [3.05, 3.63) is 58.7 Å². The van der Waals surface area contributed by atoms with Gasteiger partial charge in [0.25, 0.3) is 0 Å². The quantitative estimate of drug-likeness (QED) is 0.583. The summed E-state index contributed by atoms with van der Waals surface area (Å²) in [5, 5.41) is 23.2. The topological polar surface area (TPSA) is 52.5 Å². The minimum atomic E-state index is -0.0209. The predicted octanol–water partition coefficient (Wildman–Crippen LogP) is -0.348. The number of phenols is 2. The normalized spacial score (nSPS) is 22.5. The molecule has 1 aliphatic heterocycles. The van der Waals surface area contributed by atoms with Gasteiger partial charge in [-0.15, -0.1) is 0 Å². The Bertz CT molecular complexity index is 686. The molecule has 2 aromatic carbocycles. The molecule has 0 fully saturated rings. The highest BCUT2D eigenvalue weighted by Gasteiger charge is 2.35. The van der Waals surface area contributed by atoms with Gasteiger partial charge in [0.05, 0.1) is 0 Å². The third-order valence-corrected chi connectivity index (χ3v) is 4.64. The molecule has 2 atom stereocenters. The molecular formula is C17H17ClNO2-. The van der Waals surface area contributed by atoms with E-state index < -0.39 is 0 Å². The van der Waals surface area contributed by atoms with E-state index in [1.165, 1.54) is 11.1 Å². The minimum Gasteiger partial charge on any atom is -1.00 e. The first-order valence-electron chi connectivity index (χ1n) is 7.10. The lowest BCUT2D eigenvalue weighted by molar-refractivity contribution is -0.00000579.